The quantitative estimate of drug-likeness (QED) is 0.0261. The van der Waals surface area contributed by atoms with Gasteiger partial charge in [0.05, 0.1) is 0 Å². The molecule has 6 nitrogen and oxygen atoms in total. The molecule has 0 aliphatic rings. The molecule has 0 rings (SSSR count). The first kappa shape index (κ1) is 76.6. The molecule has 0 radical (unpaired) electrons. The lowest BCUT2D eigenvalue weighted by molar-refractivity contribution is -0.167. The first-order valence-electron chi connectivity index (χ1n) is 35.5. The molecule has 0 aromatic carbocycles. The van der Waals surface area contributed by atoms with Gasteiger partial charge in [-0.15, -0.1) is 0 Å². The molecule has 1 atom stereocenters. The number of rotatable bonds is 66. The zero-order valence-corrected chi connectivity index (χ0v) is 53.4. The highest BCUT2D eigenvalue weighted by Gasteiger charge is 2.19. The number of allylic oxidation sites excluding steroid dienone is 6. The number of unbranched alkanes of at least 4 members (excludes halogenated alkanes) is 49. The summed E-state index contributed by atoms with van der Waals surface area (Å²) in [4.78, 5) is 38.4. The van der Waals surface area contributed by atoms with E-state index in [4.69, 9.17) is 14.2 Å². The summed E-state index contributed by atoms with van der Waals surface area (Å²) >= 11 is 0. The van der Waals surface area contributed by atoms with E-state index in [0.29, 0.717) is 19.3 Å². The lowest BCUT2D eigenvalue weighted by Crippen LogP contribution is -2.30. The zero-order valence-electron chi connectivity index (χ0n) is 53.4. The summed E-state index contributed by atoms with van der Waals surface area (Å²) in [6, 6.07) is 0. The second-order valence-corrected chi connectivity index (χ2v) is 24.1. The van der Waals surface area contributed by atoms with E-state index in [-0.39, 0.29) is 31.1 Å². The van der Waals surface area contributed by atoms with Crippen molar-refractivity contribution in [2.45, 2.75) is 399 Å². The van der Waals surface area contributed by atoms with Crippen LogP contribution in [0.15, 0.2) is 36.5 Å². The number of ether oxygens (including phenoxy) is 3. The van der Waals surface area contributed by atoms with Gasteiger partial charge >= 0.3 is 17.9 Å². The smallest absolute Gasteiger partial charge is 0.306 e. The summed E-state index contributed by atoms with van der Waals surface area (Å²) in [6.07, 6.45) is 84.7. The molecule has 0 fully saturated rings. The standard InChI is InChI=1S/C73H136O6/c1-4-7-10-13-16-19-22-25-27-29-30-31-32-33-34-35-36-37-38-39-40-41-42-44-45-48-51-54-57-60-63-66-72(75)78-69-70(68-77-71(74)65-62-59-56-53-50-47-24-21-18-15-12-9-6-3)79-73(76)67-64-61-58-55-52-49-46-43-28-26-23-20-17-14-11-8-5-2/h12,15,21,24,29-30,70H,4-11,13-14,16-20,22-23,25-28,31-69H2,1-3H3/b15-12-,24-21-,30-29-. The van der Waals surface area contributed by atoms with Gasteiger partial charge in [-0.1, -0.05) is 340 Å². The van der Waals surface area contributed by atoms with Gasteiger partial charge < -0.3 is 14.2 Å². The van der Waals surface area contributed by atoms with Gasteiger partial charge in [-0.05, 0) is 70.6 Å². The predicted octanol–water partition coefficient (Wildman–Crippen LogP) is 24.3. The lowest BCUT2D eigenvalue weighted by Gasteiger charge is -2.18. The Kier molecular flexibility index (Phi) is 66.1. The van der Waals surface area contributed by atoms with Gasteiger partial charge in [-0.3, -0.25) is 14.4 Å². The van der Waals surface area contributed by atoms with Crippen molar-refractivity contribution >= 4 is 17.9 Å². The van der Waals surface area contributed by atoms with Gasteiger partial charge in [0.25, 0.3) is 0 Å². The molecular formula is C73H136O6. The van der Waals surface area contributed by atoms with E-state index in [1.54, 1.807) is 0 Å². The van der Waals surface area contributed by atoms with Crippen molar-refractivity contribution < 1.29 is 28.6 Å². The molecule has 0 amide bonds. The second kappa shape index (κ2) is 68.1. The molecule has 0 aliphatic carbocycles. The van der Waals surface area contributed by atoms with Crippen LogP contribution in [0.25, 0.3) is 0 Å². The Morgan fingerprint density at radius 2 is 0.481 bits per heavy atom. The maximum atomic E-state index is 12.9. The first-order chi connectivity index (χ1) is 39.0. The highest BCUT2D eigenvalue weighted by molar-refractivity contribution is 5.71. The van der Waals surface area contributed by atoms with Gasteiger partial charge in [0.2, 0.25) is 0 Å². The van der Waals surface area contributed by atoms with Gasteiger partial charge in [-0.2, -0.15) is 0 Å². The van der Waals surface area contributed by atoms with Crippen LogP contribution >= 0.6 is 0 Å². The molecule has 0 saturated heterocycles. The third kappa shape index (κ3) is 66.3. The number of hydrogen-bond donors (Lipinski definition) is 0. The Morgan fingerprint density at radius 3 is 0.759 bits per heavy atom. The summed E-state index contributed by atoms with van der Waals surface area (Å²) in [7, 11) is 0. The molecule has 0 aliphatic heterocycles. The molecule has 0 bridgehead atoms. The Morgan fingerprint density at radius 1 is 0.253 bits per heavy atom. The predicted molar refractivity (Wildman–Crippen MR) is 344 cm³/mol. The van der Waals surface area contributed by atoms with E-state index < -0.39 is 6.10 Å². The molecule has 0 aromatic rings. The third-order valence-corrected chi connectivity index (χ3v) is 16.1. The van der Waals surface area contributed by atoms with Crippen LogP contribution in [-0.2, 0) is 28.6 Å². The van der Waals surface area contributed by atoms with Crippen LogP contribution in [0.4, 0.5) is 0 Å². The van der Waals surface area contributed by atoms with E-state index in [1.807, 2.05) is 0 Å². The van der Waals surface area contributed by atoms with Crippen molar-refractivity contribution in [2.75, 3.05) is 13.2 Å². The highest BCUT2D eigenvalue weighted by atomic mass is 16.6. The molecular weight excluding hydrogens is 973 g/mol. The molecule has 1 unspecified atom stereocenters. The van der Waals surface area contributed by atoms with Gasteiger partial charge in [-0.25, -0.2) is 0 Å². The van der Waals surface area contributed by atoms with Crippen LogP contribution in [0.3, 0.4) is 0 Å². The van der Waals surface area contributed by atoms with Gasteiger partial charge in [0.1, 0.15) is 13.2 Å². The van der Waals surface area contributed by atoms with E-state index in [9.17, 15) is 14.4 Å². The maximum absolute atomic E-state index is 12.9. The van der Waals surface area contributed by atoms with Crippen LogP contribution in [-0.4, -0.2) is 37.2 Å². The van der Waals surface area contributed by atoms with Crippen LogP contribution in [0.2, 0.25) is 0 Å². The van der Waals surface area contributed by atoms with E-state index in [2.05, 4.69) is 57.2 Å². The Hall–Kier alpha value is -2.37. The average Bonchev–Trinajstić information content (AvgIpc) is 3.45. The first-order valence-corrected chi connectivity index (χ1v) is 35.5. The number of esters is 3. The zero-order chi connectivity index (χ0) is 57.1. The number of hydrogen-bond acceptors (Lipinski definition) is 6. The molecule has 0 N–H and O–H groups in total. The Balaban J connectivity index is 4.13. The SMILES string of the molecule is CCC/C=C\C/C=C\CCCCCCCC(=O)OCC(COC(=O)CCCCCCCCCCCCCCCCCCCCC/C=C\CCCCCCCCCC)OC(=O)CCCCCCCCCCCCCCCCCCC. The summed E-state index contributed by atoms with van der Waals surface area (Å²) in [6.45, 7) is 6.63. The fourth-order valence-electron chi connectivity index (χ4n) is 10.8. The molecule has 6 heteroatoms. The second-order valence-electron chi connectivity index (χ2n) is 24.1. The minimum absolute atomic E-state index is 0.0710. The fraction of sp³-hybridized carbons (Fsp3) is 0.877. The normalized spacial score (nSPS) is 12.2. The molecule has 464 valence electrons. The summed E-state index contributed by atoms with van der Waals surface area (Å²) < 4.78 is 17.0. The summed E-state index contributed by atoms with van der Waals surface area (Å²) in [5.74, 6) is -0.858. The topological polar surface area (TPSA) is 78.9 Å². The Bertz CT molecular complexity index is 1320. The molecule has 0 aromatic heterocycles. The summed E-state index contributed by atoms with van der Waals surface area (Å²) in [5, 5.41) is 0. The minimum Gasteiger partial charge on any atom is -0.462 e. The van der Waals surface area contributed by atoms with E-state index in [1.165, 1.54) is 270 Å². The lowest BCUT2D eigenvalue weighted by atomic mass is 10.0. The molecule has 0 saturated carbocycles. The van der Waals surface area contributed by atoms with Crippen LogP contribution < -0.4 is 0 Å². The maximum Gasteiger partial charge on any atom is 0.306 e. The minimum atomic E-state index is -0.775. The highest BCUT2D eigenvalue weighted by Crippen LogP contribution is 2.19. The molecule has 79 heavy (non-hydrogen) atoms. The van der Waals surface area contributed by atoms with Crippen molar-refractivity contribution in [3.63, 3.8) is 0 Å². The van der Waals surface area contributed by atoms with Crippen LogP contribution in [0.1, 0.15) is 393 Å². The van der Waals surface area contributed by atoms with Crippen molar-refractivity contribution in [3.8, 4) is 0 Å². The van der Waals surface area contributed by atoms with Crippen molar-refractivity contribution in [2.24, 2.45) is 0 Å². The third-order valence-electron chi connectivity index (χ3n) is 16.1. The summed E-state index contributed by atoms with van der Waals surface area (Å²) in [5.41, 5.74) is 0. The van der Waals surface area contributed by atoms with Gasteiger partial charge in [0.15, 0.2) is 6.10 Å². The fourth-order valence-corrected chi connectivity index (χ4v) is 10.8. The Labute approximate surface area is 493 Å². The van der Waals surface area contributed by atoms with E-state index in [0.717, 1.165) is 83.5 Å². The largest absolute Gasteiger partial charge is 0.462 e. The number of carbonyl (C=O) groups excluding carboxylic acids is 3. The molecule has 0 heterocycles. The number of carbonyl (C=O) groups is 3. The van der Waals surface area contributed by atoms with E-state index >= 15 is 0 Å². The average molecular weight is 1110 g/mol. The van der Waals surface area contributed by atoms with Crippen LogP contribution in [0, 0.1) is 0 Å². The van der Waals surface area contributed by atoms with Crippen molar-refractivity contribution in [1.82, 2.24) is 0 Å². The molecule has 0 spiro atoms. The van der Waals surface area contributed by atoms with Gasteiger partial charge in [0, 0.05) is 19.3 Å². The van der Waals surface area contributed by atoms with Crippen molar-refractivity contribution in [3.05, 3.63) is 36.5 Å². The van der Waals surface area contributed by atoms with Crippen LogP contribution in [0.5, 0.6) is 0 Å². The monoisotopic (exact) mass is 1110 g/mol. The van der Waals surface area contributed by atoms with Crippen molar-refractivity contribution in [1.29, 1.82) is 0 Å².